The maximum absolute atomic E-state index is 5.80. The summed E-state index contributed by atoms with van der Waals surface area (Å²) in [5.41, 5.74) is 10.1. The zero-order chi connectivity index (χ0) is 16.6. The van der Waals surface area contributed by atoms with E-state index in [9.17, 15) is 0 Å². The zero-order valence-electron chi connectivity index (χ0n) is 13.7. The molecule has 3 aromatic rings. The molecule has 0 radical (unpaired) electrons. The third-order valence-electron chi connectivity index (χ3n) is 3.95. The summed E-state index contributed by atoms with van der Waals surface area (Å²) in [5, 5.41) is 8.48. The molecule has 0 aliphatic heterocycles. The largest absolute Gasteiger partial charge is 0.325 e. The van der Waals surface area contributed by atoms with Crippen molar-refractivity contribution in [1.82, 2.24) is 15.0 Å². The molecule has 0 spiro atoms. The molecule has 0 aliphatic carbocycles. The predicted molar refractivity (Wildman–Crippen MR) is 98.0 cm³/mol. The minimum absolute atomic E-state index is 0.396. The Kier molecular flexibility index (Phi) is 5.53. The SMILES string of the molecule is NCc1nnn(CCCc2ccccc2)c1/C=C/c1ccccc1. The van der Waals surface area contributed by atoms with Gasteiger partial charge in [-0.1, -0.05) is 72.0 Å². The summed E-state index contributed by atoms with van der Waals surface area (Å²) in [7, 11) is 0. The highest BCUT2D eigenvalue weighted by molar-refractivity contribution is 5.68. The molecule has 2 aromatic carbocycles. The fraction of sp³-hybridized carbons (Fsp3) is 0.200. The summed E-state index contributed by atoms with van der Waals surface area (Å²) in [5.74, 6) is 0. The number of rotatable bonds is 7. The minimum Gasteiger partial charge on any atom is -0.325 e. The Morgan fingerprint density at radius 2 is 1.62 bits per heavy atom. The van der Waals surface area contributed by atoms with Crippen molar-refractivity contribution >= 4 is 12.2 Å². The van der Waals surface area contributed by atoms with E-state index >= 15 is 0 Å². The molecule has 24 heavy (non-hydrogen) atoms. The van der Waals surface area contributed by atoms with E-state index in [2.05, 4.69) is 58.9 Å². The molecular formula is C20H22N4. The summed E-state index contributed by atoms with van der Waals surface area (Å²) in [6.07, 6.45) is 6.18. The van der Waals surface area contributed by atoms with Gasteiger partial charge in [0.05, 0.1) is 5.69 Å². The Hall–Kier alpha value is -2.72. The van der Waals surface area contributed by atoms with E-state index in [4.69, 9.17) is 5.73 Å². The lowest BCUT2D eigenvalue weighted by molar-refractivity contribution is 0.555. The molecule has 3 rings (SSSR count). The van der Waals surface area contributed by atoms with Gasteiger partial charge in [-0.05, 0) is 30.0 Å². The van der Waals surface area contributed by atoms with Gasteiger partial charge in [0.2, 0.25) is 0 Å². The quantitative estimate of drug-likeness (QED) is 0.725. The van der Waals surface area contributed by atoms with Crippen LogP contribution in [0.25, 0.3) is 12.2 Å². The molecule has 2 N–H and O–H groups in total. The highest BCUT2D eigenvalue weighted by Gasteiger charge is 2.08. The van der Waals surface area contributed by atoms with E-state index in [0.717, 1.165) is 36.3 Å². The predicted octanol–water partition coefficient (Wildman–Crippen LogP) is 3.54. The molecule has 1 heterocycles. The fourth-order valence-electron chi connectivity index (χ4n) is 2.67. The number of benzene rings is 2. The van der Waals surface area contributed by atoms with Crippen LogP contribution in [0.3, 0.4) is 0 Å². The van der Waals surface area contributed by atoms with Crippen LogP contribution < -0.4 is 5.73 Å². The Bertz CT molecular complexity index is 776. The molecule has 0 fully saturated rings. The molecule has 0 atom stereocenters. The van der Waals surface area contributed by atoms with Crippen LogP contribution in [0.4, 0.5) is 0 Å². The topological polar surface area (TPSA) is 56.7 Å². The maximum atomic E-state index is 5.80. The Morgan fingerprint density at radius 1 is 0.917 bits per heavy atom. The molecule has 0 unspecified atom stereocenters. The molecular weight excluding hydrogens is 296 g/mol. The maximum Gasteiger partial charge on any atom is 0.104 e. The van der Waals surface area contributed by atoms with Crippen molar-refractivity contribution in [2.24, 2.45) is 5.73 Å². The first-order valence-corrected chi connectivity index (χ1v) is 8.26. The summed E-state index contributed by atoms with van der Waals surface area (Å²) in [6, 6.07) is 20.7. The second kappa shape index (κ2) is 8.22. The summed E-state index contributed by atoms with van der Waals surface area (Å²) in [4.78, 5) is 0. The van der Waals surface area contributed by atoms with Crippen molar-refractivity contribution in [3.05, 3.63) is 83.2 Å². The van der Waals surface area contributed by atoms with Crippen molar-refractivity contribution < 1.29 is 0 Å². The standard InChI is InChI=1S/C20H22N4/c21-16-19-20(14-13-18-10-5-2-6-11-18)24(23-22-19)15-7-12-17-8-3-1-4-9-17/h1-6,8-11,13-14H,7,12,15-16,21H2/b14-13+. The van der Waals surface area contributed by atoms with Crippen LogP contribution in [-0.4, -0.2) is 15.0 Å². The molecule has 1 aromatic heterocycles. The number of aromatic nitrogens is 3. The van der Waals surface area contributed by atoms with Crippen molar-refractivity contribution in [2.75, 3.05) is 0 Å². The average Bonchev–Trinajstić information content (AvgIpc) is 3.04. The summed E-state index contributed by atoms with van der Waals surface area (Å²) >= 11 is 0. The number of nitrogens with zero attached hydrogens (tertiary/aromatic N) is 3. The lowest BCUT2D eigenvalue weighted by atomic mass is 10.1. The highest BCUT2D eigenvalue weighted by atomic mass is 15.4. The second-order valence-corrected chi connectivity index (χ2v) is 5.68. The number of hydrogen-bond donors (Lipinski definition) is 1. The third-order valence-corrected chi connectivity index (χ3v) is 3.95. The van der Waals surface area contributed by atoms with Crippen LogP contribution in [0, 0.1) is 0 Å². The highest BCUT2D eigenvalue weighted by Crippen LogP contribution is 2.12. The van der Waals surface area contributed by atoms with Gasteiger partial charge in [0.15, 0.2) is 0 Å². The minimum atomic E-state index is 0.396. The average molecular weight is 318 g/mol. The van der Waals surface area contributed by atoms with E-state index in [0.29, 0.717) is 6.54 Å². The van der Waals surface area contributed by atoms with Crippen molar-refractivity contribution in [3.8, 4) is 0 Å². The van der Waals surface area contributed by atoms with Gasteiger partial charge in [-0.25, -0.2) is 4.68 Å². The lowest BCUT2D eigenvalue weighted by Crippen LogP contribution is -2.05. The van der Waals surface area contributed by atoms with Crippen molar-refractivity contribution in [2.45, 2.75) is 25.9 Å². The molecule has 4 heteroatoms. The Balaban J connectivity index is 1.69. The van der Waals surface area contributed by atoms with Gasteiger partial charge in [-0.3, -0.25) is 0 Å². The zero-order valence-corrected chi connectivity index (χ0v) is 13.7. The van der Waals surface area contributed by atoms with Crippen LogP contribution in [0.1, 0.15) is 28.9 Å². The van der Waals surface area contributed by atoms with Gasteiger partial charge >= 0.3 is 0 Å². The molecule has 0 aliphatic rings. The molecule has 0 amide bonds. The first-order valence-electron chi connectivity index (χ1n) is 8.26. The van der Waals surface area contributed by atoms with Crippen LogP contribution in [0.5, 0.6) is 0 Å². The van der Waals surface area contributed by atoms with Crippen LogP contribution in [0.15, 0.2) is 60.7 Å². The molecule has 4 nitrogen and oxygen atoms in total. The number of aryl methyl sites for hydroxylation is 2. The summed E-state index contributed by atoms with van der Waals surface area (Å²) in [6.45, 7) is 1.23. The van der Waals surface area contributed by atoms with Gasteiger partial charge in [0, 0.05) is 13.1 Å². The lowest BCUT2D eigenvalue weighted by Gasteiger charge is -2.05. The second-order valence-electron chi connectivity index (χ2n) is 5.68. The van der Waals surface area contributed by atoms with Crippen LogP contribution in [0.2, 0.25) is 0 Å². The normalized spacial score (nSPS) is 11.2. The Labute approximate surface area is 142 Å². The first-order chi connectivity index (χ1) is 11.9. The number of hydrogen-bond acceptors (Lipinski definition) is 3. The number of nitrogens with two attached hydrogens (primary N) is 1. The van der Waals surface area contributed by atoms with Crippen LogP contribution >= 0.6 is 0 Å². The third kappa shape index (κ3) is 4.18. The monoisotopic (exact) mass is 318 g/mol. The smallest absolute Gasteiger partial charge is 0.104 e. The van der Waals surface area contributed by atoms with Gasteiger partial charge in [-0.2, -0.15) is 0 Å². The fourth-order valence-corrected chi connectivity index (χ4v) is 2.67. The van der Waals surface area contributed by atoms with Crippen molar-refractivity contribution in [1.29, 1.82) is 0 Å². The van der Waals surface area contributed by atoms with E-state index < -0.39 is 0 Å². The summed E-state index contributed by atoms with van der Waals surface area (Å²) < 4.78 is 1.95. The Morgan fingerprint density at radius 3 is 2.33 bits per heavy atom. The first kappa shape index (κ1) is 16.1. The van der Waals surface area contributed by atoms with Gasteiger partial charge in [0.25, 0.3) is 0 Å². The van der Waals surface area contributed by atoms with E-state index in [-0.39, 0.29) is 0 Å². The van der Waals surface area contributed by atoms with Gasteiger partial charge in [0.1, 0.15) is 5.69 Å². The molecule has 122 valence electrons. The van der Waals surface area contributed by atoms with Crippen LogP contribution in [-0.2, 0) is 19.5 Å². The van der Waals surface area contributed by atoms with E-state index in [1.807, 2.05) is 28.9 Å². The molecule has 0 saturated carbocycles. The van der Waals surface area contributed by atoms with Gasteiger partial charge in [-0.15, -0.1) is 5.10 Å². The van der Waals surface area contributed by atoms with Crippen molar-refractivity contribution in [3.63, 3.8) is 0 Å². The van der Waals surface area contributed by atoms with E-state index in [1.54, 1.807) is 0 Å². The van der Waals surface area contributed by atoms with Gasteiger partial charge < -0.3 is 5.73 Å². The molecule has 0 bridgehead atoms. The van der Waals surface area contributed by atoms with E-state index in [1.165, 1.54) is 5.56 Å². The molecule has 0 saturated heterocycles.